The molecule has 1 saturated heterocycles. The molecule has 0 unspecified atom stereocenters. The van der Waals surface area contributed by atoms with Crippen LogP contribution in [0, 0.1) is 0 Å². The van der Waals surface area contributed by atoms with E-state index in [-0.39, 0.29) is 6.04 Å². The number of aryl methyl sites for hydroxylation is 1. The zero-order chi connectivity index (χ0) is 11.5. The van der Waals surface area contributed by atoms with Crippen LogP contribution < -0.4 is 16.4 Å². The second kappa shape index (κ2) is 4.65. The van der Waals surface area contributed by atoms with E-state index in [0.29, 0.717) is 5.95 Å². The molecule has 2 heterocycles. The molecular weight excluding hydrogens is 202 g/mol. The molecule has 1 aliphatic rings. The van der Waals surface area contributed by atoms with Gasteiger partial charge in [0.25, 0.3) is 0 Å². The Hall–Kier alpha value is -1.36. The van der Waals surface area contributed by atoms with Gasteiger partial charge >= 0.3 is 0 Å². The first-order valence-electron chi connectivity index (χ1n) is 5.83. The average molecular weight is 221 g/mol. The maximum absolute atomic E-state index is 5.88. The highest BCUT2D eigenvalue weighted by molar-refractivity contribution is 5.44. The lowest BCUT2D eigenvalue weighted by Gasteiger charge is -2.17. The van der Waals surface area contributed by atoms with E-state index in [2.05, 4.69) is 21.8 Å². The fraction of sp³-hybridized carbons (Fsp3) is 0.636. The van der Waals surface area contributed by atoms with Gasteiger partial charge in [-0.25, -0.2) is 4.98 Å². The summed E-state index contributed by atoms with van der Waals surface area (Å²) in [4.78, 5) is 10.7. The molecule has 1 atom stereocenters. The van der Waals surface area contributed by atoms with Crippen LogP contribution in [0.4, 0.5) is 11.8 Å². The van der Waals surface area contributed by atoms with Gasteiger partial charge in [0.05, 0.1) is 0 Å². The summed E-state index contributed by atoms with van der Waals surface area (Å²) in [6.45, 7) is 3.95. The third kappa shape index (κ3) is 2.41. The van der Waals surface area contributed by atoms with Crippen LogP contribution in [0.5, 0.6) is 0 Å². The second-order valence-electron chi connectivity index (χ2n) is 4.32. The van der Waals surface area contributed by atoms with Crippen molar-refractivity contribution in [1.29, 1.82) is 0 Å². The van der Waals surface area contributed by atoms with Crippen LogP contribution in [0.2, 0.25) is 0 Å². The maximum atomic E-state index is 5.88. The van der Waals surface area contributed by atoms with Gasteiger partial charge in [-0.2, -0.15) is 4.98 Å². The fourth-order valence-corrected chi connectivity index (χ4v) is 2.04. The van der Waals surface area contributed by atoms with E-state index in [1.807, 2.05) is 6.07 Å². The number of hydrogen-bond donors (Lipinski definition) is 2. The summed E-state index contributed by atoms with van der Waals surface area (Å²) in [5, 5.41) is 0. The number of aromatic nitrogens is 2. The molecule has 0 amide bonds. The number of rotatable bonds is 3. The highest BCUT2D eigenvalue weighted by Crippen LogP contribution is 2.19. The van der Waals surface area contributed by atoms with E-state index >= 15 is 0 Å². The van der Waals surface area contributed by atoms with Gasteiger partial charge in [-0.1, -0.05) is 13.3 Å². The molecule has 0 aliphatic carbocycles. The van der Waals surface area contributed by atoms with E-state index in [4.69, 9.17) is 11.5 Å². The Kier molecular flexibility index (Phi) is 3.24. The van der Waals surface area contributed by atoms with Crippen LogP contribution in [0.25, 0.3) is 0 Å². The third-order valence-corrected chi connectivity index (χ3v) is 2.84. The zero-order valence-corrected chi connectivity index (χ0v) is 9.69. The van der Waals surface area contributed by atoms with Gasteiger partial charge in [-0.15, -0.1) is 0 Å². The summed E-state index contributed by atoms with van der Waals surface area (Å²) >= 11 is 0. The molecule has 1 aromatic rings. The summed E-state index contributed by atoms with van der Waals surface area (Å²) < 4.78 is 0. The van der Waals surface area contributed by atoms with E-state index in [1.165, 1.54) is 0 Å². The molecule has 5 heteroatoms. The van der Waals surface area contributed by atoms with Gasteiger partial charge in [0.15, 0.2) is 0 Å². The maximum Gasteiger partial charge on any atom is 0.222 e. The number of nitrogens with two attached hydrogens (primary N) is 2. The predicted octanol–water partition coefficient (Wildman–Crippen LogP) is 0.549. The Balaban J connectivity index is 2.20. The van der Waals surface area contributed by atoms with Gasteiger partial charge in [-0.05, 0) is 12.8 Å². The van der Waals surface area contributed by atoms with Gasteiger partial charge in [0.2, 0.25) is 5.95 Å². The minimum absolute atomic E-state index is 0.255. The molecule has 0 saturated carbocycles. The van der Waals surface area contributed by atoms with E-state index < -0.39 is 0 Å². The van der Waals surface area contributed by atoms with Crippen molar-refractivity contribution in [2.45, 2.75) is 32.2 Å². The Labute approximate surface area is 95.9 Å². The first kappa shape index (κ1) is 11.1. The summed E-state index contributed by atoms with van der Waals surface area (Å²) in [7, 11) is 0. The van der Waals surface area contributed by atoms with Crippen molar-refractivity contribution in [1.82, 2.24) is 9.97 Å². The number of nitrogens with zero attached hydrogens (tertiary/aromatic N) is 3. The van der Waals surface area contributed by atoms with Crippen LogP contribution in [-0.4, -0.2) is 29.1 Å². The molecule has 16 heavy (non-hydrogen) atoms. The van der Waals surface area contributed by atoms with Crippen molar-refractivity contribution < 1.29 is 0 Å². The molecule has 0 aromatic carbocycles. The molecule has 5 nitrogen and oxygen atoms in total. The minimum atomic E-state index is 0.255. The molecule has 0 radical (unpaired) electrons. The topological polar surface area (TPSA) is 81.1 Å². The van der Waals surface area contributed by atoms with E-state index in [9.17, 15) is 0 Å². The smallest absolute Gasteiger partial charge is 0.222 e. The van der Waals surface area contributed by atoms with Crippen molar-refractivity contribution in [3.05, 3.63) is 11.8 Å². The lowest BCUT2D eigenvalue weighted by molar-refractivity contribution is 0.751. The van der Waals surface area contributed by atoms with Crippen LogP contribution in [0.15, 0.2) is 6.07 Å². The lowest BCUT2D eigenvalue weighted by atomic mass is 10.2. The Bertz CT molecular complexity index is 365. The van der Waals surface area contributed by atoms with Gasteiger partial charge in [0.1, 0.15) is 5.82 Å². The molecule has 1 aliphatic heterocycles. The normalized spacial score (nSPS) is 20.4. The monoisotopic (exact) mass is 221 g/mol. The summed E-state index contributed by atoms with van der Waals surface area (Å²) in [6, 6.07) is 2.28. The molecule has 0 bridgehead atoms. The van der Waals surface area contributed by atoms with Gasteiger partial charge in [0, 0.05) is 30.9 Å². The third-order valence-electron chi connectivity index (χ3n) is 2.84. The highest BCUT2D eigenvalue weighted by atomic mass is 15.2. The number of hydrogen-bond acceptors (Lipinski definition) is 5. The summed E-state index contributed by atoms with van der Waals surface area (Å²) in [6.07, 6.45) is 3.03. The predicted molar refractivity (Wildman–Crippen MR) is 65.2 cm³/mol. The quantitative estimate of drug-likeness (QED) is 0.779. The first-order chi connectivity index (χ1) is 7.69. The highest BCUT2D eigenvalue weighted by Gasteiger charge is 2.20. The van der Waals surface area contributed by atoms with Crippen molar-refractivity contribution >= 4 is 11.8 Å². The summed E-state index contributed by atoms with van der Waals surface area (Å²) in [5.41, 5.74) is 12.6. The number of nitrogen functional groups attached to an aromatic ring is 1. The van der Waals surface area contributed by atoms with E-state index in [0.717, 1.165) is 43.9 Å². The molecule has 0 spiro atoms. The second-order valence-corrected chi connectivity index (χ2v) is 4.32. The van der Waals surface area contributed by atoms with Crippen molar-refractivity contribution in [3.8, 4) is 0 Å². The molecular formula is C11H19N5. The number of anilines is 2. The standard InChI is InChI=1S/C11H19N5/c1-2-3-9-6-10(15-11(13)14-9)16-5-4-8(12)7-16/h6,8H,2-5,7,12H2,1H3,(H2,13,14,15)/t8-/m1/s1. The van der Waals surface area contributed by atoms with Crippen molar-refractivity contribution in [3.63, 3.8) is 0 Å². The average Bonchev–Trinajstić information content (AvgIpc) is 2.64. The molecule has 88 valence electrons. The molecule has 1 aromatic heterocycles. The molecule has 4 N–H and O–H groups in total. The minimum Gasteiger partial charge on any atom is -0.368 e. The Morgan fingerprint density at radius 1 is 1.50 bits per heavy atom. The zero-order valence-electron chi connectivity index (χ0n) is 9.69. The Morgan fingerprint density at radius 3 is 2.94 bits per heavy atom. The van der Waals surface area contributed by atoms with Crippen molar-refractivity contribution in [2.24, 2.45) is 5.73 Å². The first-order valence-corrected chi connectivity index (χ1v) is 5.83. The van der Waals surface area contributed by atoms with E-state index in [1.54, 1.807) is 0 Å². The largest absolute Gasteiger partial charge is 0.368 e. The van der Waals surface area contributed by atoms with Crippen LogP contribution >= 0.6 is 0 Å². The fourth-order valence-electron chi connectivity index (χ4n) is 2.04. The molecule has 1 fully saturated rings. The van der Waals surface area contributed by atoms with Gasteiger partial charge < -0.3 is 16.4 Å². The van der Waals surface area contributed by atoms with Crippen LogP contribution in [0.1, 0.15) is 25.5 Å². The van der Waals surface area contributed by atoms with Crippen LogP contribution in [0.3, 0.4) is 0 Å². The molecule has 2 rings (SSSR count). The Morgan fingerprint density at radius 2 is 2.31 bits per heavy atom. The van der Waals surface area contributed by atoms with Gasteiger partial charge in [-0.3, -0.25) is 0 Å². The lowest BCUT2D eigenvalue weighted by Crippen LogP contribution is -2.27. The summed E-state index contributed by atoms with van der Waals surface area (Å²) in [5.74, 6) is 1.28. The van der Waals surface area contributed by atoms with Crippen LogP contribution in [-0.2, 0) is 6.42 Å². The van der Waals surface area contributed by atoms with Crippen molar-refractivity contribution in [2.75, 3.05) is 23.7 Å². The SMILES string of the molecule is CCCc1cc(N2CC[C@@H](N)C2)nc(N)n1.